The molecule has 0 aliphatic heterocycles. The van der Waals surface area contributed by atoms with E-state index in [4.69, 9.17) is 4.74 Å². The van der Waals surface area contributed by atoms with Crippen molar-refractivity contribution in [3.63, 3.8) is 0 Å². The Kier molecular flexibility index (Phi) is 4.72. The SMILES string of the molecule is CCCOCC(O)c1ccc(F)cc1C. The van der Waals surface area contributed by atoms with Crippen LogP contribution in [0, 0.1) is 12.7 Å². The summed E-state index contributed by atoms with van der Waals surface area (Å²) in [7, 11) is 0. The van der Waals surface area contributed by atoms with E-state index in [2.05, 4.69) is 0 Å². The van der Waals surface area contributed by atoms with Crippen LogP contribution in [0.1, 0.15) is 30.6 Å². The fraction of sp³-hybridized carbons (Fsp3) is 0.500. The van der Waals surface area contributed by atoms with Crippen LogP contribution in [-0.2, 0) is 4.74 Å². The Bertz CT molecular complexity index is 312. The summed E-state index contributed by atoms with van der Waals surface area (Å²) in [5.41, 5.74) is 1.48. The Labute approximate surface area is 89.7 Å². The van der Waals surface area contributed by atoms with Crippen molar-refractivity contribution < 1.29 is 14.2 Å². The number of benzene rings is 1. The maximum absolute atomic E-state index is 12.8. The van der Waals surface area contributed by atoms with Gasteiger partial charge in [0.25, 0.3) is 0 Å². The third-order valence-electron chi connectivity index (χ3n) is 2.22. The van der Waals surface area contributed by atoms with E-state index >= 15 is 0 Å². The Morgan fingerprint density at radius 1 is 1.47 bits per heavy atom. The first-order valence-corrected chi connectivity index (χ1v) is 5.17. The van der Waals surface area contributed by atoms with E-state index in [1.54, 1.807) is 13.0 Å². The average Bonchev–Trinajstić information content (AvgIpc) is 2.17. The molecule has 3 heteroatoms. The zero-order valence-corrected chi connectivity index (χ0v) is 9.16. The van der Waals surface area contributed by atoms with Crippen LogP contribution >= 0.6 is 0 Å². The molecule has 0 fully saturated rings. The molecule has 84 valence electrons. The molecule has 1 N–H and O–H groups in total. The second kappa shape index (κ2) is 5.83. The maximum atomic E-state index is 12.8. The molecule has 0 amide bonds. The molecular weight excluding hydrogens is 195 g/mol. The predicted octanol–water partition coefficient (Wildman–Crippen LogP) is 2.59. The van der Waals surface area contributed by atoms with Crippen molar-refractivity contribution in [2.24, 2.45) is 0 Å². The highest BCUT2D eigenvalue weighted by Gasteiger charge is 2.10. The number of hydrogen-bond donors (Lipinski definition) is 1. The summed E-state index contributed by atoms with van der Waals surface area (Å²) in [5.74, 6) is -0.280. The topological polar surface area (TPSA) is 29.5 Å². The van der Waals surface area contributed by atoms with E-state index in [-0.39, 0.29) is 12.4 Å². The number of aryl methyl sites for hydroxylation is 1. The first-order chi connectivity index (χ1) is 7.15. The van der Waals surface area contributed by atoms with Gasteiger partial charge >= 0.3 is 0 Å². The molecule has 1 aromatic rings. The largest absolute Gasteiger partial charge is 0.386 e. The molecule has 1 rings (SSSR count). The molecule has 0 aliphatic carbocycles. The average molecular weight is 212 g/mol. The highest BCUT2D eigenvalue weighted by molar-refractivity contribution is 5.28. The van der Waals surface area contributed by atoms with Crippen LogP contribution in [0.25, 0.3) is 0 Å². The second-order valence-corrected chi connectivity index (χ2v) is 3.59. The van der Waals surface area contributed by atoms with Crippen LogP contribution < -0.4 is 0 Å². The van der Waals surface area contributed by atoms with Gasteiger partial charge in [0.2, 0.25) is 0 Å². The maximum Gasteiger partial charge on any atom is 0.123 e. The van der Waals surface area contributed by atoms with Gasteiger partial charge in [-0.3, -0.25) is 0 Å². The molecule has 1 unspecified atom stereocenters. The molecule has 2 nitrogen and oxygen atoms in total. The summed E-state index contributed by atoms with van der Waals surface area (Å²) in [5, 5.41) is 9.77. The van der Waals surface area contributed by atoms with Gasteiger partial charge in [-0.2, -0.15) is 0 Å². The van der Waals surface area contributed by atoms with E-state index in [9.17, 15) is 9.50 Å². The second-order valence-electron chi connectivity index (χ2n) is 3.59. The number of hydrogen-bond acceptors (Lipinski definition) is 2. The fourth-order valence-corrected chi connectivity index (χ4v) is 1.44. The lowest BCUT2D eigenvalue weighted by Gasteiger charge is -2.13. The van der Waals surface area contributed by atoms with Gasteiger partial charge in [-0.25, -0.2) is 4.39 Å². The minimum Gasteiger partial charge on any atom is -0.386 e. The summed E-state index contributed by atoms with van der Waals surface area (Å²) in [6, 6.07) is 4.37. The molecule has 1 atom stereocenters. The van der Waals surface area contributed by atoms with Crippen LogP contribution in [-0.4, -0.2) is 18.3 Å². The number of ether oxygens (including phenoxy) is 1. The normalized spacial score (nSPS) is 12.8. The van der Waals surface area contributed by atoms with Gasteiger partial charge in [-0.1, -0.05) is 13.0 Å². The smallest absolute Gasteiger partial charge is 0.123 e. The van der Waals surface area contributed by atoms with Crippen molar-refractivity contribution in [3.05, 3.63) is 35.1 Å². The van der Waals surface area contributed by atoms with Gasteiger partial charge < -0.3 is 9.84 Å². The minimum absolute atomic E-state index is 0.264. The first kappa shape index (κ1) is 12.1. The minimum atomic E-state index is -0.669. The summed E-state index contributed by atoms with van der Waals surface area (Å²) in [4.78, 5) is 0. The van der Waals surface area contributed by atoms with Crippen LogP contribution in [0.15, 0.2) is 18.2 Å². The molecule has 0 heterocycles. The Morgan fingerprint density at radius 3 is 2.80 bits per heavy atom. The lowest BCUT2D eigenvalue weighted by molar-refractivity contribution is 0.0360. The lowest BCUT2D eigenvalue weighted by Crippen LogP contribution is -2.09. The zero-order chi connectivity index (χ0) is 11.3. The van der Waals surface area contributed by atoms with Crippen molar-refractivity contribution in [3.8, 4) is 0 Å². The third-order valence-corrected chi connectivity index (χ3v) is 2.22. The van der Waals surface area contributed by atoms with Gasteiger partial charge in [-0.05, 0) is 36.6 Å². The van der Waals surface area contributed by atoms with E-state index in [1.165, 1.54) is 12.1 Å². The number of halogens is 1. The van der Waals surface area contributed by atoms with Crippen LogP contribution in [0.4, 0.5) is 4.39 Å². The Hall–Kier alpha value is -0.930. The highest BCUT2D eigenvalue weighted by atomic mass is 19.1. The predicted molar refractivity (Wildman–Crippen MR) is 57.2 cm³/mol. The van der Waals surface area contributed by atoms with Crippen LogP contribution in [0.3, 0.4) is 0 Å². The van der Waals surface area contributed by atoms with Crippen molar-refractivity contribution >= 4 is 0 Å². The molecule has 0 bridgehead atoms. The molecule has 1 aromatic carbocycles. The summed E-state index contributed by atoms with van der Waals surface area (Å²) < 4.78 is 18.0. The van der Waals surface area contributed by atoms with Crippen LogP contribution in [0.2, 0.25) is 0 Å². The number of aliphatic hydroxyl groups excluding tert-OH is 1. The summed E-state index contributed by atoms with van der Waals surface area (Å²) in [6.07, 6.45) is 0.256. The standard InChI is InChI=1S/C12H17FO2/c1-3-6-15-8-12(14)11-5-4-10(13)7-9(11)2/h4-5,7,12,14H,3,6,8H2,1-2H3. The Morgan fingerprint density at radius 2 is 2.20 bits per heavy atom. The number of aliphatic hydroxyl groups is 1. The summed E-state index contributed by atoms with van der Waals surface area (Å²) >= 11 is 0. The molecule has 0 saturated heterocycles. The molecule has 0 saturated carbocycles. The van der Waals surface area contributed by atoms with Crippen molar-refractivity contribution in [1.29, 1.82) is 0 Å². The highest BCUT2D eigenvalue weighted by Crippen LogP contribution is 2.18. The van der Waals surface area contributed by atoms with E-state index in [0.29, 0.717) is 6.61 Å². The van der Waals surface area contributed by atoms with Crippen molar-refractivity contribution in [2.75, 3.05) is 13.2 Å². The molecule has 0 spiro atoms. The monoisotopic (exact) mass is 212 g/mol. The van der Waals surface area contributed by atoms with Gasteiger partial charge in [0.15, 0.2) is 0 Å². The molecule has 0 aromatic heterocycles. The van der Waals surface area contributed by atoms with E-state index in [1.807, 2.05) is 6.92 Å². The van der Waals surface area contributed by atoms with Crippen molar-refractivity contribution in [2.45, 2.75) is 26.4 Å². The van der Waals surface area contributed by atoms with E-state index in [0.717, 1.165) is 17.5 Å². The lowest BCUT2D eigenvalue weighted by atomic mass is 10.0. The van der Waals surface area contributed by atoms with Gasteiger partial charge in [0.05, 0.1) is 6.61 Å². The van der Waals surface area contributed by atoms with E-state index < -0.39 is 6.10 Å². The summed E-state index contributed by atoms with van der Waals surface area (Å²) in [6.45, 7) is 4.69. The molecule has 15 heavy (non-hydrogen) atoms. The van der Waals surface area contributed by atoms with Gasteiger partial charge in [0, 0.05) is 6.61 Å². The molecule has 0 radical (unpaired) electrons. The zero-order valence-electron chi connectivity index (χ0n) is 9.16. The first-order valence-electron chi connectivity index (χ1n) is 5.17. The van der Waals surface area contributed by atoms with Gasteiger partial charge in [-0.15, -0.1) is 0 Å². The number of rotatable bonds is 5. The Balaban J connectivity index is 2.61. The molecular formula is C12H17FO2. The van der Waals surface area contributed by atoms with Crippen molar-refractivity contribution in [1.82, 2.24) is 0 Å². The third kappa shape index (κ3) is 3.61. The molecule has 0 aliphatic rings. The quantitative estimate of drug-likeness (QED) is 0.760. The fourth-order valence-electron chi connectivity index (χ4n) is 1.44. The van der Waals surface area contributed by atoms with Crippen LogP contribution in [0.5, 0.6) is 0 Å². The van der Waals surface area contributed by atoms with Gasteiger partial charge in [0.1, 0.15) is 11.9 Å².